The highest BCUT2D eigenvalue weighted by Crippen LogP contribution is 2.24. The molecular weight excluding hydrogens is 352 g/mol. The molecule has 4 rings (SSSR count). The number of hydrogen-bond acceptors (Lipinski definition) is 3. The number of nitrogens with zero attached hydrogens (tertiary/aromatic N) is 2. The maximum Gasteiger partial charge on any atom is 0.261 e. The number of Topliss-reactive ketones (excluding diaryl/α,β-unsaturated/α-hetero) is 1. The standard InChI is InChI=1S/C23H20N2O3/c1-15-12-20(16(2)24(15)13-17-8-4-3-5-9-17)21(26)14-25-22(27)18-10-6-7-11-19(18)23(25)28/h3-12H,13-14H2,1-2H3. The van der Waals surface area contributed by atoms with Crippen molar-refractivity contribution >= 4 is 17.6 Å². The average Bonchev–Trinajstić information content (AvgIpc) is 3.12. The fraction of sp³-hybridized carbons (Fsp3) is 0.174. The van der Waals surface area contributed by atoms with Gasteiger partial charge in [0.2, 0.25) is 0 Å². The SMILES string of the molecule is Cc1cc(C(=O)CN2C(=O)c3ccccc3C2=O)c(C)n1Cc1ccccc1. The number of fused-ring (bicyclic) bond motifs is 1. The molecule has 1 aromatic heterocycles. The summed E-state index contributed by atoms with van der Waals surface area (Å²) in [5.41, 5.74) is 4.20. The van der Waals surface area contributed by atoms with Crippen LogP contribution in [0.4, 0.5) is 0 Å². The molecule has 0 radical (unpaired) electrons. The van der Waals surface area contributed by atoms with Crippen molar-refractivity contribution in [2.75, 3.05) is 6.54 Å². The lowest BCUT2D eigenvalue weighted by Crippen LogP contribution is -2.35. The number of aromatic nitrogens is 1. The van der Waals surface area contributed by atoms with Gasteiger partial charge in [-0.3, -0.25) is 19.3 Å². The summed E-state index contributed by atoms with van der Waals surface area (Å²) in [5.74, 6) is -1.05. The number of carbonyl (C=O) groups is 3. The van der Waals surface area contributed by atoms with Gasteiger partial charge in [-0.2, -0.15) is 0 Å². The van der Waals surface area contributed by atoms with Gasteiger partial charge >= 0.3 is 0 Å². The van der Waals surface area contributed by atoms with E-state index in [2.05, 4.69) is 4.57 Å². The second kappa shape index (κ2) is 6.93. The van der Waals surface area contributed by atoms with E-state index in [1.54, 1.807) is 24.3 Å². The zero-order valence-electron chi connectivity index (χ0n) is 15.8. The minimum Gasteiger partial charge on any atom is -0.344 e. The van der Waals surface area contributed by atoms with E-state index < -0.39 is 11.8 Å². The molecule has 0 bridgehead atoms. The maximum atomic E-state index is 12.9. The van der Waals surface area contributed by atoms with Crippen molar-refractivity contribution in [2.24, 2.45) is 0 Å². The summed E-state index contributed by atoms with van der Waals surface area (Å²) in [6.45, 7) is 4.26. The average molecular weight is 372 g/mol. The number of benzene rings is 2. The number of aryl methyl sites for hydroxylation is 1. The van der Waals surface area contributed by atoms with Crippen molar-refractivity contribution in [2.45, 2.75) is 20.4 Å². The summed E-state index contributed by atoms with van der Waals surface area (Å²) in [4.78, 5) is 39.0. The molecule has 1 aliphatic rings. The van der Waals surface area contributed by atoms with E-state index in [0.29, 0.717) is 23.2 Å². The second-order valence-corrected chi connectivity index (χ2v) is 7.02. The van der Waals surface area contributed by atoms with Gasteiger partial charge in [-0.05, 0) is 37.6 Å². The van der Waals surface area contributed by atoms with Gasteiger partial charge in [-0.15, -0.1) is 0 Å². The van der Waals surface area contributed by atoms with Crippen LogP contribution in [0.2, 0.25) is 0 Å². The fourth-order valence-electron chi connectivity index (χ4n) is 3.70. The summed E-state index contributed by atoms with van der Waals surface area (Å²) in [7, 11) is 0. The lowest BCUT2D eigenvalue weighted by Gasteiger charge is -2.13. The molecule has 0 atom stereocenters. The van der Waals surface area contributed by atoms with E-state index in [1.807, 2.05) is 50.2 Å². The molecule has 0 fully saturated rings. The van der Waals surface area contributed by atoms with Gasteiger partial charge in [0, 0.05) is 23.5 Å². The molecule has 0 spiro atoms. The molecule has 28 heavy (non-hydrogen) atoms. The topological polar surface area (TPSA) is 59.4 Å². The molecule has 1 aliphatic heterocycles. The van der Waals surface area contributed by atoms with E-state index in [0.717, 1.165) is 21.9 Å². The van der Waals surface area contributed by atoms with Gasteiger partial charge in [0.1, 0.15) is 0 Å². The first-order chi connectivity index (χ1) is 13.5. The zero-order chi connectivity index (χ0) is 19.8. The molecule has 2 aromatic carbocycles. The molecule has 0 N–H and O–H groups in total. The predicted octanol–water partition coefficient (Wildman–Crippen LogP) is 3.63. The van der Waals surface area contributed by atoms with Gasteiger partial charge in [-0.1, -0.05) is 42.5 Å². The Morgan fingerprint density at radius 3 is 2.04 bits per heavy atom. The molecule has 2 amide bonds. The second-order valence-electron chi connectivity index (χ2n) is 7.02. The third kappa shape index (κ3) is 2.95. The van der Waals surface area contributed by atoms with Crippen LogP contribution in [0.15, 0.2) is 60.7 Å². The van der Waals surface area contributed by atoms with Gasteiger partial charge in [0.25, 0.3) is 11.8 Å². The van der Waals surface area contributed by atoms with Crippen molar-refractivity contribution < 1.29 is 14.4 Å². The Morgan fingerprint density at radius 2 is 1.43 bits per heavy atom. The van der Waals surface area contributed by atoms with Gasteiger partial charge in [0.05, 0.1) is 17.7 Å². The van der Waals surface area contributed by atoms with Crippen LogP contribution in [-0.2, 0) is 6.54 Å². The van der Waals surface area contributed by atoms with Crippen LogP contribution in [0.25, 0.3) is 0 Å². The van der Waals surface area contributed by atoms with Crippen LogP contribution in [0.5, 0.6) is 0 Å². The molecule has 5 nitrogen and oxygen atoms in total. The van der Waals surface area contributed by atoms with Crippen LogP contribution < -0.4 is 0 Å². The highest BCUT2D eigenvalue weighted by Gasteiger charge is 2.36. The normalized spacial score (nSPS) is 13.1. The van der Waals surface area contributed by atoms with Crippen molar-refractivity contribution in [3.05, 3.63) is 94.3 Å². The number of rotatable bonds is 5. The monoisotopic (exact) mass is 372 g/mol. The Bertz CT molecular complexity index is 1060. The highest BCUT2D eigenvalue weighted by atomic mass is 16.2. The first-order valence-corrected chi connectivity index (χ1v) is 9.16. The zero-order valence-corrected chi connectivity index (χ0v) is 15.8. The molecule has 140 valence electrons. The summed E-state index contributed by atoms with van der Waals surface area (Å²) < 4.78 is 2.07. The van der Waals surface area contributed by atoms with Gasteiger partial charge < -0.3 is 4.57 Å². The molecule has 0 unspecified atom stereocenters. The Labute approximate surface area is 163 Å². The Morgan fingerprint density at radius 1 is 0.857 bits per heavy atom. The first-order valence-electron chi connectivity index (χ1n) is 9.16. The van der Waals surface area contributed by atoms with Crippen LogP contribution in [0, 0.1) is 13.8 Å². The quantitative estimate of drug-likeness (QED) is 0.508. The van der Waals surface area contributed by atoms with Gasteiger partial charge in [-0.25, -0.2) is 0 Å². The molecule has 2 heterocycles. The largest absolute Gasteiger partial charge is 0.344 e. The lowest BCUT2D eigenvalue weighted by molar-refractivity contribution is 0.0624. The smallest absolute Gasteiger partial charge is 0.261 e. The number of hydrogen-bond donors (Lipinski definition) is 0. The van der Waals surface area contributed by atoms with E-state index in [1.165, 1.54) is 0 Å². The number of imide groups is 1. The van der Waals surface area contributed by atoms with Gasteiger partial charge in [0.15, 0.2) is 5.78 Å². The Hall–Kier alpha value is -3.47. The summed E-state index contributed by atoms with van der Waals surface area (Å²) in [6, 6.07) is 18.5. The fourth-order valence-corrected chi connectivity index (χ4v) is 3.70. The third-order valence-corrected chi connectivity index (χ3v) is 5.24. The van der Waals surface area contributed by atoms with Crippen LogP contribution in [0.3, 0.4) is 0 Å². The van der Waals surface area contributed by atoms with E-state index in [9.17, 15) is 14.4 Å². The first kappa shape index (κ1) is 17.9. The summed E-state index contributed by atoms with van der Waals surface area (Å²) in [5, 5.41) is 0. The van der Waals surface area contributed by atoms with Crippen molar-refractivity contribution in [3.63, 3.8) is 0 Å². The minimum absolute atomic E-state index is 0.234. The van der Waals surface area contributed by atoms with Crippen LogP contribution >= 0.6 is 0 Å². The number of amides is 2. The maximum absolute atomic E-state index is 12.9. The summed E-state index contributed by atoms with van der Waals surface area (Å²) in [6.07, 6.45) is 0. The van der Waals surface area contributed by atoms with Crippen molar-refractivity contribution in [1.29, 1.82) is 0 Å². The van der Waals surface area contributed by atoms with Crippen molar-refractivity contribution in [3.8, 4) is 0 Å². The van der Waals surface area contributed by atoms with E-state index in [-0.39, 0.29) is 12.3 Å². The van der Waals surface area contributed by atoms with E-state index in [4.69, 9.17) is 0 Å². The molecule has 3 aromatic rings. The van der Waals surface area contributed by atoms with Crippen molar-refractivity contribution in [1.82, 2.24) is 9.47 Å². The predicted molar refractivity (Wildman–Crippen MR) is 106 cm³/mol. The highest BCUT2D eigenvalue weighted by molar-refractivity contribution is 6.23. The Balaban J connectivity index is 1.57. The van der Waals surface area contributed by atoms with Crippen LogP contribution in [0.1, 0.15) is 48.0 Å². The minimum atomic E-state index is -0.410. The van der Waals surface area contributed by atoms with E-state index >= 15 is 0 Å². The molecule has 0 saturated heterocycles. The molecular formula is C23H20N2O3. The van der Waals surface area contributed by atoms with Crippen LogP contribution in [-0.4, -0.2) is 33.6 Å². The lowest BCUT2D eigenvalue weighted by atomic mass is 10.1. The Kier molecular flexibility index (Phi) is 4.43. The molecule has 5 heteroatoms. The third-order valence-electron chi connectivity index (χ3n) is 5.24. The molecule has 0 saturated carbocycles. The summed E-state index contributed by atoms with van der Waals surface area (Å²) >= 11 is 0. The molecule has 0 aliphatic carbocycles. The number of carbonyl (C=O) groups excluding carboxylic acids is 3. The number of ketones is 1.